The van der Waals surface area contributed by atoms with Crippen LogP contribution in [0, 0.1) is 5.82 Å². The highest BCUT2D eigenvalue weighted by Crippen LogP contribution is 2.15. The first-order valence-corrected chi connectivity index (χ1v) is 6.99. The van der Waals surface area contributed by atoms with Crippen molar-refractivity contribution in [1.82, 2.24) is 9.29 Å². The Hall–Kier alpha value is -2.07. The zero-order chi connectivity index (χ0) is 16.0. The number of rotatable bonds is 6. The lowest BCUT2D eigenvalue weighted by Gasteiger charge is -2.19. The third-order valence-corrected chi connectivity index (χ3v) is 4.14. The Labute approximate surface area is 120 Å². The Morgan fingerprint density at radius 2 is 1.71 bits per heavy atom. The number of sulfonamides is 1. The molecule has 1 heterocycles. The van der Waals surface area contributed by atoms with Gasteiger partial charge in [0.15, 0.2) is 0 Å². The quantitative estimate of drug-likeness (QED) is 0.654. The van der Waals surface area contributed by atoms with E-state index in [2.05, 4.69) is 14.5 Å². The SMILES string of the molecule is COC(=O)CN(CC(=O)OC)S(=O)(=O)c1cncc(F)c1. The molecule has 0 spiro atoms. The Morgan fingerprint density at radius 1 is 1.19 bits per heavy atom. The van der Waals surface area contributed by atoms with Crippen molar-refractivity contribution in [2.24, 2.45) is 0 Å². The van der Waals surface area contributed by atoms with Gasteiger partial charge in [0.2, 0.25) is 10.0 Å². The van der Waals surface area contributed by atoms with Gasteiger partial charge in [0.05, 0.1) is 20.4 Å². The normalized spacial score (nSPS) is 11.2. The summed E-state index contributed by atoms with van der Waals surface area (Å²) in [5.41, 5.74) is 0. The lowest BCUT2D eigenvalue weighted by molar-refractivity contribution is -0.143. The van der Waals surface area contributed by atoms with Crippen LogP contribution in [0.5, 0.6) is 0 Å². The molecule has 0 fully saturated rings. The summed E-state index contributed by atoms with van der Waals surface area (Å²) < 4.78 is 46.9. The molecule has 0 unspecified atom stereocenters. The van der Waals surface area contributed by atoms with E-state index in [1.807, 2.05) is 0 Å². The van der Waals surface area contributed by atoms with Gasteiger partial charge < -0.3 is 9.47 Å². The van der Waals surface area contributed by atoms with Crippen LogP contribution in [0.2, 0.25) is 0 Å². The maximum atomic E-state index is 13.1. The van der Waals surface area contributed by atoms with E-state index < -0.39 is 45.8 Å². The first-order chi connectivity index (χ1) is 9.81. The van der Waals surface area contributed by atoms with E-state index in [0.717, 1.165) is 32.7 Å². The van der Waals surface area contributed by atoms with Crippen LogP contribution in [0.3, 0.4) is 0 Å². The molecule has 0 aromatic carbocycles. The largest absolute Gasteiger partial charge is 0.468 e. The number of methoxy groups -OCH3 is 2. The minimum absolute atomic E-state index is 0.490. The molecule has 0 aliphatic carbocycles. The highest BCUT2D eigenvalue weighted by atomic mass is 32.2. The number of carbonyl (C=O) groups is 2. The average Bonchev–Trinajstić information content (AvgIpc) is 2.46. The van der Waals surface area contributed by atoms with E-state index in [1.165, 1.54) is 0 Å². The molecule has 10 heteroatoms. The summed E-state index contributed by atoms with van der Waals surface area (Å²) >= 11 is 0. The second-order valence-corrected chi connectivity index (χ2v) is 5.70. The number of pyridine rings is 1. The van der Waals surface area contributed by atoms with Gasteiger partial charge >= 0.3 is 11.9 Å². The lowest BCUT2D eigenvalue weighted by Crippen LogP contribution is -2.40. The van der Waals surface area contributed by atoms with E-state index in [1.54, 1.807) is 0 Å². The minimum Gasteiger partial charge on any atom is -0.468 e. The number of aromatic nitrogens is 1. The van der Waals surface area contributed by atoms with Gasteiger partial charge in [-0.05, 0) is 6.07 Å². The Morgan fingerprint density at radius 3 is 2.14 bits per heavy atom. The zero-order valence-electron chi connectivity index (χ0n) is 11.3. The predicted octanol–water partition coefficient (Wildman–Crippen LogP) is -0.443. The summed E-state index contributed by atoms with van der Waals surface area (Å²) in [6.45, 7) is -1.44. The molecule has 0 saturated heterocycles. The zero-order valence-corrected chi connectivity index (χ0v) is 12.1. The fraction of sp³-hybridized carbons (Fsp3) is 0.364. The van der Waals surface area contributed by atoms with Crippen molar-refractivity contribution in [2.45, 2.75) is 4.90 Å². The molecule has 0 amide bonds. The number of ether oxygens (including phenoxy) is 2. The van der Waals surface area contributed by atoms with Gasteiger partial charge in [0.1, 0.15) is 23.8 Å². The molecule has 116 valence electrons. The number of hydrogen-bond acceptors (Lipinski definition) is 7. The molecular weight excluding hydrogens is 307 g/mol. The lowest BCUT2D eigenvalue weighted by atomic mass is 10.5. The molecular formula is C11H13FN2O6S. The van der Waals surface area contributed by atoms with Crippen LogP contribution in [-0.2, 0) is 29.1 Å². The van der Waals surface area contributed by atoms with Crippen molar-refractivity contribution < 1.29 is 31.9 Å². The standard InChI is InChI=1S/C11H13FN2O6S/c1-19-10(15)6-14(7-11(16)20-2)21(17,18)9-3-8(12)4-13-5-9/h3-5H,6-7H2,1-2H3. The topological polar surface area (TPSA) is 103 Å². The van der Waals surface area contributed by atoms with Gasteiger partial charge in [-0.3, -0.25) is 14.6 Å². The van der Waals surface area contributed by atoms with Crippen LogP contribution >= 0.6 is 0 Å². The van der Waals surface area contributed by atoms with E-state index in [4.69, 9.17) is 0 Å². The van der Waals surface area contributed by atoms with Crippen LogP contribution in [0.4, 0.5) is 4.39 Å². The third kappa shape index (κ3) is 4.46. The van der Waals surface area contributed by atoms with E-state index >= 15 is 0 Å². The molecule has 0 bridgehead atoms. The van der Waals surface area contributed by atoms with Crippen molar-refractivity contribution in [3.05, 3.63) is 24.3 Å². The third-order valence-electron chi connectivity index (χ3n) is 2.38. The molecule has 0 aliphatic heterocycles. The Kier molecular flexibility index (Phi) is 5.73. The van der Waals surface area contributed by atoms with Gasteiger partial charge in [0.25, 0.3) is 0 Å². The molecule has 0 atom stereocenters. The van der Waals surface area contributed by atoms with Crippen molar-refractivity contribution in [1.29, 1.82) is 0 Å². The highest BCUT2D eigenvalue weighted by molar-refractivity contribution is 7.89. The molecule has 0 saturated carbocycles. The number of esters is 2. The van der Waals surface area contributed by atoms with Gasteiger partial charge in [-0.25, -0.2) is 12.8 Å². The molecule has 0 aliphatic rings. The molecule has 0 radical (unpaired) electrons. The van der Waals surface area contributed by atoms with Crippen LogP contribution in [-0.4, -0.2) is 57.0 Å². The first kappa shape index (κ1) is 17.0. The van der Waals surface area contributed by atoms with Gasteiger partial charge in [-0.15, -0.1) is 0 Å². The fourth-order valence-corrected chi connectivity index (χ4v) is 2.63. The Balaban J connectivity index is 3.16. The smallest absolute Gasteiger partial charge is 0.321 e. The summed E-state index contributed by atoms with van der Waals surface area (Å²) in [5.74, 6) is -2.63. The van der Waals surface area contributed by atoms with Gasteiger partial charge in [-0.1, -0.05) is 0 Å². The second-order valence-electron chi connectivity index (χ2n) is 3.76. The predicted molar refractivity (Wildman–Crippen MR) is 67.0 cm³/mol. The monoisotopic (exact) mass is 320 g/mol. The molecule has 8 nitrogen and oxygen atoms in total. The fourth-order valence-electron chi connectivity index (χ4n) is 1.33. The Bertz CT molecular complexity index is 615. The summed E-state index contributed by atoms with van der Waals surface area (Å²) in [7, 11) is -2.18. The summed E-state index contributed by atoms with van der Waals surface area (Å²) in [5, 5.41) is 0. The molecule has 1 rings (SSSR count). The highest BCUT2D eigenvalue weighted by Gasteiger charge is 2.30. The van der Waals surface area contributed by atoms with Crippen LogP contribution < -0.4 is 0 Å². The maximum Gasteiger partial charge on any atom is 0.321 e. The maximum absolute atomic E-state index is 13.1. The van der Waals surface area contributed by atoms with Crippen LogP contribution in [0.1, 0.15) is 0 Å². The van der Waals surface area contributed by atoms with Crippen LogP contribution in [0.15, 0.2) is 23.4 Å². The minimum atomic E-state index is -4.30. The van der Waals surface area contributed by atoms with Crippen molar-refractivity contribution >= 4 is 22.0 Å². The molecule has 0 N–H and O–H groups in total. The summed E-state index contributed by atoms with van der Waals surface area (Å²) in [4.78, 5) is 25.5. The number of halogens is 1. The van der Waals surface area contributed by atoms with E-state index in [-0.39, 0.29) is 0 Å². The van der Waals surface area contributed by atoms with Crippen molar-refractivity contribution in [2.75, 3.05) is 27.3 Å². The number of hydrogen-bond donors (Lipinski definition) is 0. The summed E-state index contributed by atoms with van der Waals surface area (Å²) in [6.07, 6.45) is 1.73. The summed E-state index contributed by atoms with van der Waals surface area (Å²) in [6, 6.07) is 0.726. The average molecular weight is 320 g/mol. The van der Waals surface area contributed by atoms with Crippen molar-refractivity contribution in [3.63, 3.8) is 0 Å². The second kappa shape index (κ2) is 7.09. The molecule has 21 heavy (non-hydrogen) atoms. The first-order valence-electron chi connectivity index (χ1n) is 5.55. The molecule has 1 aromatic heterocycles. The number of nitrogens with zero attached hydrogens (tertiary/aromatic N) is 2. The van der Waals surface area contributed by atoms with Gasteiger partial charge in [0, 0.05) is 6.20 Å². The van der Waals surface area contributed by atoms with E-state index in [9.17, 15) is 22.4 Å². The molecule has 1 aromatic rings. The van der Waals surface area contributed by atoms with Crippen LogP contribution in [0.25, 0.3) is 0 Å². The van der Waals surface area contributed by atoms with E-state index in [0.29, 0.717) is 4.31 Å². The number of carbonyl (C=O) groups excluding carboxylic acids is 2. The van der Waals surface area contributed by atoms with Gasteiger partial charge in [-0.2, -0.15) is 4.31 Å². The van der Waals surface area contributed by atoms with Crippen molar-refractivity contribution in [3.8, 4) is 0 Å².